The number of nitrogens with zero attached hydrogens (tertiary/aromatic N) is 5. The van der Waals surface area contributed by atoms with E-state index in [0.717, 1.165) is 11.4 Å². The monoisotopic (exact) mass is 247 g/mol. The van der Waals surface area contributed by atoms with Gasteiger partial charge >= 0.3 is 0 Å². The van der Waals surface area contributed by atoms with Crippen molar-refractivity contribution in [3.05, 3.63) is 60.4 Å². The number of hydrogen-bond donors (Lipinski definition) is 0. The second-order valence-electron chi connectivity index (χ2n) is 3.92. The van der Waals surface area contributed by atoms with E-state index in [-0.39, 0.29) is 0 Å². The van der Waals surface area contributed by atoms with Crippen LogP contribution in [0, 0.1) is 11.3 Å². The van der Waals surface area contributed by atoms with Crippen LogP contribution < -0.4 is 0 Å². The summed E-state index contributed by atoms with van der Waals surface area (Å²) in [7, 11) is 0. The van der Waals surface area contributed by atoms with Crippen molar-refractivity contribution in [3.8, 4) is 23.1 Å². The van der Waals surface area contributed by atoms with Gasteiger partial charge in [-0.05, 0) is 36.4 Å². The second-order valence-corrected chi connectivity index (χ2v) is 3.92. The van der Waals surface area contributed by atoms with E-state index in [4.69, 9.17) is 5.26 Å². The summed E-state index contributed by atoms with van der Waals surface area (Å²) in [6, 6.07) is 14.9. The molecule has 0 atom stereocenters. The molecule has 5 nitrogen and oxygen atoms in total. The van der Waals surface area contributed by atoms with Gasteiger partial charge < -0.3 is 0 Å². The highest BCUT2D eigenvalue weighted by molar-refractivity contribution is 5.52. The quantitative estimate of drug-likeness (QED) is 0.696. The van der Waals surface area contributed by atoms with E-state index in [2.05, 4.69) is 21.4 Å². The van der Waals surface area contributed by atoms with Crippen LogP contribution in [0.15, 0.2) is 54.9 Å². The Kier molecular flexibility index (Phi) is 2.75. The maximum absolute atomic E-state index is 8.76. The fourth-order valence-corrected chi connectivity index (χ4v) is 1.71. The Bertz CT molecular complexity index is 723. The van der Waals surface area contributed by atoms with Crippen molar-refractivity contribution in [2.45, 2.75) is 0 Å². The SMILES string of the molecule is N#Cc1ccc(-n2cc(-c3ccccn3)nn2)cc1. The molecule has 0 N–H and O–H groups in total. The van der Waals surface area contributed by atoms with Crippen LogP contribution in [0.2, 0.25) is 0 Å². The van der Waals surface area contributed by atoms with Gasteiger partial charge in [0.15, 0.2) is 0 Å². The molecular weight excluding hydrogens is 238 g/mol. The summed E-state index contributed by atoms with van der Waals surface area (Å²) >= 11 is 0. The van der Waals surface area contributed by atoms with Crippen molar-refractivity contribution in [2.24, 2.45) is 0 Å². The summed E-state index contributed by atoms with van der Waals surface area (Å²) in [5, 5.41) is 16.9. The predicted molar refractivity (Wildman–Crippen MR) is 69.3 cm³/mol. The number of nitriles is 1. The summed E-state index contributed by atoms with van der Waals surface area (Å²) in [6.07, 6.45) is 3.53. The molecule has 0 saturated carbocycles. The average molecular weight is 247 g/mol. The third-order valence-corrected chi connectivity index (χ3v) is 2.68. The summed E-state index contributed by atoms with van der Waals surface area (Å²) in [5.41, 5.74) is 2.97. The lowest BCUT2D eigenvalue weighted by molar-refractivity contribution is 0.803. The molecule has 2 heterocycles. The Morgan fingerprint density at radius 3 is 2.53 bits per heavy atom. The lowest BCUT2D eigenvalue weighted by atomic mass is 10.2. The Morgan fingerprint density at radius 2 is 1.84 bits per heavy atom. The highest BCUT2D eigenvalue weighted by Gasteiger charge is 2.05. The molecule has 0 unspecified atom stereocenters. The first-order valence-corrected chi connectivity index (χ1v) is 5.71. The van der Waals surface area contributed by atoms with E-state index in [1.165, 1.54) is 0 Å². The zero-order valence-corrected chi connectivity index (χ0v) is 9.93. The van der Waals surface area contributed by atoms with Crippen molar-refractivity contribution in [3.63, 3.8) is 0 Å². The van der Waals surface area contributed by atoms with Crippen LogP contribution in [0.25, 0.3) is 17.1 Å². The highest BCUT2D eigenvalue weighted by Crippen LogP contribution is 2.15. The van der Waals surface area contributed by atoms with Gasteiger partial charge in [0.05, 0.1) is 29.2 Å². The molecule has 0 bridgehead atoms. The van der Waals surface area contributed by atoms with E-state index in [9.17, 15) is 0 Å². The lowest BCUT2D eigenvalue weighted by Crippen LogP contribution is -1.94. The van der Waals surface area contributed by atoms with Crippen LogP contribution >= 0.6 is 0 Å². The molecule has 5 heteroatoms. The van der Waals surface area contributed by atoms with Gasteiger partial charge in [-0.15, -0.1) is 5.10 Å². The van der Waals surface area contributed by atoms with E-state index >= 15 is 0 Å². The molecule has 0 amide bonds. The Labute approximate surface area is 109 Å². The van der Waals surface area contributed by atoms with Crippen molar-refractivity contribution >= 4 is 0 Å². The molecule has 0 aliphatic rings. The number of aromatic nitrogens is 4. The largest absolute Gasteiger partial charge is 0.254 e. The van der Waals surface area contributed by atoms with E-state index in [0.29, 0.717) is 11.3 Å². The van der Waals surface area contributed by atoms with Crippen LogP contribution in [0.1, 0.15) is 5.56 Å². The summed E-state index contributed by atoms with van der Waals surface area (Å²) in [4.78, 5) is 4.22. The highest BCUT2D eigenvalue weighted by atomic mass is 15.4. The number of pyridine rings is 1. The van der Waals surface area contributed by atoms with Crippen molar-refractivity contribution in [1.82, 2.24) is 20.0 Å². The number of rotatable bonds is 2. The second kappa shape index (κ2) is 4.70. The molecule has 1 aromatic carbocycles. The number of benzene rings is 1. The Hall–Kier alpha value is -3.00. The smallest absolute Gasteiger partial charge is 0.131 e. The van der Waals surface area contributed by atoms with Crippen LogP contribution in [0.3, 0.4) is 0 Å². The first-order chi connectivity index (χ1) is 9.36. The zero-order valence-electron chi connectivity index (χ0n) is 9.93. The summed E-state index contributed by atoms with van der Waals surface area (Å²) in [6.45, 7) is 0. The maximum Gasteiger partial charge on any atom is 0.131 e. The van der Waals surface area contributed by atoms with Gasteiger partial charge in [-0.3, -0.25) is 4.98 Å². The van der Waals surface area contributed by atoms with E-state index in [1.54, 1.807) is 23.0 Å². The van der Waals surface area contributed by atoms with E-state index in [1.807, 2.05) is 36.5 Å². The van der Waals surface area contributed by atoms with Gasteiger partial charge in [0.2, 0.25) is 0 Å². The molecule has 3 rings (SSSR count). The zero-order chi connectivity index (χ0) is 13.1. The Balaban J connectivity index is 1.95. The lowest BCUT2D eigenvalue weighted by Gasteiger charge is -1.98. The minimum absolute atomic E-state index is 0.619. The van der Waals surface area contributed by atoms with Gasteiger partial charge in [-0.25, -0.2) is 4.68 Å². The summed E-state index contributed by atoms with van der Waals surface area (Å²) < 4.78 is 1.66. The van der Waals surface area contributed by atoms with E-state index < -0.39 is 0 Å². The first kappa shape index (κ1) is 11.1. The minimum Gasteiger partial charge on any atom is -0.254 e. The third-order valence-electron chi connectivity index (χ3n) is 2.68. The van der Waals surface area contributed by atoms with Crippen molar-refractivity contribution < 1.29 is 0 Å². The van der Waals surface area contributed by atoms with Crippen molar-refractivity contribution in [1.29, 1.82) is 5.26 Å². The van der Waals surface area contributed by atoms with Crippen LogP contribution in [-0.2, 0) is 0 Å². The maximum atomic E-state index is 8.76. The van der Waals surface area contributed by atoms with Gasteiger partial charge in [-0.2, -0.15) is 5.26 Å². The fraction of sp³-hybridized carbons (Fsp3) is 0. The number of hydrogen-bond acceptors (Lipinski definition) is 4. The standard InChI is InChI=1S/C14H9N5/c15-9-11-4-6-12(7-5-11)19-10-14(17-18-19)13-3-1-2-8-16-13/h1-8,10H. The van der Waals surface area contributed by atoms with Gasteiger partial charge in [0.1, 0.15) is 5.69 Å². The van der Waals surface area contributed by atoms with Crippen LogP contribution in [0.5, 0.6) is 0 Å². The molecule has 0 aliphatic heterocycles. The van der Waals surface area contributed by atoms with Crippen LogP contribution in [0.4, 0.5) is 0 Å². The van der Waals surface area contributed by atoms with Crippen molar-refractivity contribution in [2.75, 3.05) is 0 Å². The molecule has 2 aromatic heterocycles. The van der Waals surface area contributed by atoms with Gasteiger partial charge in [0.25, 0.3) is 0 Å². The fourth-order valence-electron chi connectivity index (χ4n) is 1.71. The van der Waals surface area contributed by atoms with Gasteiger partial charge in [0, 0.05) is 6.20 Å². The molecule has 0 radical (unpaired) electrons. The predicted octanol–water partition coefficient (Wildman–Crippen LogP) is 2.20. The Morgan fingerprint density at radius 1 is 1.00 bits per heavy atom. The molecule has 3 aromatic rings. The molecule has 0 spiro atoms. The topological polar surface area (TPSA) is 67.4 Å². The minimum atomic E-state index is 0.619. The van der Waals surface area contributed by atoms with Gasteiger partial charge in [-0.1, -0.05) is 11.3 Å². The molecule has 19 heavy (non-hydrogen) atoms. The molecule has 0 saturated heterocycles. The molecular formula is C14H9N5. The average Bonchev–Trinajstić information content (AvgIpc) is 2.98. The first-order valence-electron chi connectivity index (χ1n) is 5.71. The molecule has 90 valence electrons. The summed E-state index contributed by atoms with van der Waals surface area (Å²) in [5.74, 6) is 0. The third kappa shape index (κ3) is 2.19. The van der Waals surface area contributed by atoms with Crippen LogP contribution in [-0.4, -0.2) is 20.0 Å². The molecule has 0 aliphatic carbocycles. The normalized spacial score (nSPS) is 10.1. The molecule has 0 fully saturated rings.